The van der Waals surface area contributed by atoms with Crippen LogP contribution in [0.25, 0.3) is 0 Å². The zero-order valence-electron chi connectivity index (χ0n) is 17.4. The molecule has 1 aliphatic rings. The minimum atomic E-state index is -0.481. The van der Waals surface area contributed by atoms with Crippen LogP contribution in [-0.4, -0.2) is 34.6 Å². The zero-order valence-corrected chi connectivity index (χ0v) is 18.9. The maximum Gasteiger partial charge on any atom is 0.243 e. The first-order chi connectivity index (χ1) is 14.6. The van der Waals surface area contributed by atoms with Gasteiger partial charge in [-0.25, -0.2) is 0 Å². The minimum Gasteiger partial charge on any atom is -0.352 e. The predicted molar refractivity (Wildman–Crippen MR) is 124 cm³/mol. The number of nitrogens with one attached hydrogen (secondary N) is 1. The van der Waals surface area contributed by atoms with Gasteiger partial charge in [-0.15, -0.1) is 11.8 Å². The van der Waals surface area contributed by atoms with Gasteiger partial charge < -0.3 is 10.2 Å². The van der Waals surface area contributed by atoms with Crippen molar-refractivity contribution in [3.8, 4) is 0 Å². The van der Waals surface area contributed by atoms with Crippen molar-refractivity contribution in [1.29, 1.82) is 0 Å². The smallest absolute Gasteiger partial charge is 0.243 e. The van der Waals surface area contributed by atoms with Crippen molar-refractivity contribution in [3.05, 3.63) is 65.2 Å². The van der Waals surface area contributed by atoms with E-state index in [2.05, 4.69) is 5.32 Å². The first kappa shape index (κ1) is 22.7. The van der Waals surface area contributed by atoms with Gasteiger partial charge in [0.05, 0.1) is 5.75 Å². The summed E-state index contributed by atoms with van der Waals surface area (Å²) in [5, 5.41) is 3.83. The number of carbonyl (C=O) groups is 2. The number of carbonyl (C=O) groups excluding carboxylic acids is 2. The van der Waals surface area contributed by atoms with Gasteiger partial charge in [-0.2, -0.15) is 0 Å². The molecular formula is C24H29ClN2O2S. The highest BCUT2D eigenvalue weighted by molar-refractivity contribution is 8.00. The molecule has 30 heavy (non-hydrogen) atoms. The fraction of sp³-hybridized carbons (Fsp3) is 0.417. The largest absolute Gasteiger partial charge is 0.352 e. The van der Waals surface area contributed by atoms with Gasteiger partial charge in [0.2, 0.25) is 11.8 Å². The molecule has 4 nitrogen and oxygen atoms in total. The number of hydrogen-bond donors (Lipinski definition) is 1. The predicted octanol–water partition coefficient (Wildman–Crippen LogP) is 5.30. The summed E-state index contributed by atoms with van der Waals surface area (Å²) in [5.41, 5.74) is 0.963. The van der Waals surface area contributed by atoms with Gasteiger partial charge in [-0.3, -0.25) is 9.59 Å². The molecule has 1 fully saturated rings. The maximum absolute atomic E-state index is 13.2. The molecule has 160 valence electrons. The molecule has 0 aliphatic heterocycles. The first-order valence-corrected chi connectivity index (χ1v) is 11.9. The van der Waals surface area contributed by atoms with Crippen molar-refractivity contribution in [2.45, 2.75) is 62.6 Å². The summed E-state index contributed by atoms with van der Waals surface area (Å²) < 4.78 is 0. The third-order valence-corrected chi connectivity index (χ3v) is 6.71. The molecule has 2 aromatic carbocycles. The standard InChI is InChI=1S/C24H29ClN2O2S/c1-2-22(24(29)26-20-8-6-7-9-20)27(16-18-12-14-19(25)15-13-18)23(28)17-30-21-10-4-3-5-11-21/h3-5,10-15,20,22H,2,6-9,16-17H2,1H3,(H,26,29)/t22-/m0/s1. The van der Waals surface area contributed by atoms with Crippen LogP contribution in [0.2, 0.25) is 5.02 Å². The Hall–Kier alpha value is -1.98. The van der Waals surface area contributed by atoms with Gasteiger partial charge in [-0.05, 0) is 49.1 Å². The molecule has 1 atom stereocenters. The van der Waals surface area contributed by atoms with Crippen molar-refractivity contribution in [3.63, 3.8) is 0 Å². The summed E-state index contributed by atoms with van der Waals surface area (Å²) in [6.45, 7) is 2.35. The number of hydrogen-bond acceptors (Lipinski definition) is 3. The molecule has 0 radical (unpaired) electrons. The van der Waals surface area contributed by atoms with Gasteiger partial charge in [0.1, 0.15) is 6.04 Å². The van der Waals surface area contributed by atoms with Crippen LogP contribution in [0.4, 0.5) is 0 Å². The van der Waals surface area contributed by atoms with E-state index in [1.807, 2.05) is 61.5 Å². The summed E-state index contributed by atoms with van der Waals surface area (Å²) in [5.74, 6) is 0.216. The van der Waals surface area contributed by atoms with E-state index in [-0.39, 0.29) is 17.9 Å². The van der Waals surface area contributed by atoms with Crippen LogP contribution in [-0.2, 0) is 16.1 Å². The highest BCUT2D eigenvalue weighted by Crippen LogP contribution is 2.22. The maximum atomic E-state index is 13.2. The van der Waals surface area contributed by atoms with Crippen molar-refractivity contribution >= 4 is 35.2 Å². The van der Waals surface area contributed by atoms with E-state index in [0.717, 1.165) is 36.1 Å². The van der Waals surface area contributed by atoms with Crippen molar-refractivity contribution < 1.29 is 9.59 Å². The molecule has 2 aromatic rings. The molecule has 0 unspecified atom stereocenters. The highest BCUT2D eigenvalue weighted by atomic mass is 35.5. The lowest BCUT2D eigenvalue weighted by Crippen LogP contribution is -2.51. The van der Waals surface area contributed by atoms with E-state index in [1.54, 1.807) is 4.90 Å². The SMILES string of the molecule is CC[C@@H](C(=O)NC1CCCC1)N(Cc1ccc(Cl)cc1)C(=O)CSc1ccccc1. The molecule has 0 heterocycles. The lowest BCUT2D eigenvalue weighted by molar-refractivity contribution is -0.139. The topological polar surface area (TPSA) is 49.4 Å². The first-order valence-electron chi connectivity index (χ1n) is 10.6. The molecule has 1 N–H and O–H groups in total. The molecule has 0 spiro atoms. The van der Waals surface area contributed by atoms with Crippen LogP contribution < -0.4 is 5.32 Å². The Labute approximate surface area is 188 Å². The van der Waals surface area contributed by atoms with Crippen LogP contribution >= 0.6 is 23.4 Å². The van der Waals surface area contributed by atoms with Crippen molar-refractivity contribution in [2.75, 3.05) is 5.75 Å². The second-order valence-electron chi connectivity index (χ2n) is 7.66. The third-order valence-electron chi connectivity index (χ3n) is 5.46. The average Bonchev–Trinajstić information content (AvgIpc) is 3.27. The molecule has 3 rings (SSSR count). The summed E-state index contributed by atoms with van der Waals surface area (Å²) >= 11 is 7.51. The summed E-state index contributed by atoms with van der Waals surface area (Å²) in [6.07, 6.45) is 4.94. The number of benzene rings is 2. The molecule has 0 saturated heterocycles. The average molecular weight is 445 g/mol. The molecular weight excluding hydrogens is 416 g/mol. The van der Waals surface area contributed by atoms with E-state index < -0.39 is 6.04 Å². The van der Waals surface area contributed by atoms with Crippen LogP contribution in [0.15, 0.2) is 59.5 Å². The Balaban J connectivity index is 1.74. The Morgan fingerprint density at radius 2 is 1.77 bits per heavy atom. The van der Waals surface area contributed by atoms with E-state index >= 15 is 0 Å². The van der Waals surface area contributed by atoms with Crippen molar-refractivity contribution in [1.82, 2.24) is 10.2 Å². The van der Waals surface area contributed by atoms with Crippen LogP contribution in [0.5, 0.6) is 0 Å². The van der Waals surface area contributed by atoms with Gasteiger partial charge in [0.25, 0.3) is 0 Å². The minimum absolute atomic E-state index is 0.0350. The molecule has 1 saturated carbocycles. The lowest BCUT2D eigenvalue weighted by Gasteiger charge is -2.31. The van der Waals surface area contributed by atoms with E-state index in [9.17, 15) is 9.59 Å². The third kappa shape index (κ3) is 6.51. The quantitative estimate of drug-likeness (QED) is 0.534. The van der Waals surface area contributed by atoms with E-state index in [4.69, 9.17) is 11.6 Å². The molecule has 2 amide bonds. The monoisotopic (exact) mass is 444 g/mol. The van der Waals surface area contributed by atoms with Crippen LogP contribution in [0, 0.1) is 0 Å². The number of halogens is 1. The fourth-order valence-electron chi connectivity index (χ4n) is 3.82. The molecule has 0 bridgehead atoms. The highest BCUT2D eigenvalue weighted by Gasteiger charge is 2.30. The molecule has 1 aliphatic carbocycles. The number of nitrogens with zero attached hydrogens (tertiary/aromatic N) is 1. The van der Waals surface area contributed by atoms with E-state index in [0.29, 0.717) is 23.7 Å². The fourth-order valence-corrected chi connectivity index (χ4v) is 4.75. The van der Waals surface area contributed by atoms with E-state index in [1.165, 1.54) is 11.8 Å². The zero-order chi connectivity index (χ0) is 21.3. The Bertz CT molecular complexity index is 823. The Morgan fingerprint density at radius 1 is 1.10 bits per heavy atom. The Morgan fingerprint density at radius 3 is 2.40 bits per heavy atom. The molecule has 0 aromatic heterocycles. The second kappa shape index (κ2) is 11.4. The normalized spacial score (nSPS) is 15.0. The summed E-state index contributed by atoms with van der Waals surface area (Å²) in [7, 11) is 0. The number of thioether (sulfide) groups is 1. The van der Waals surface area contributed by atoms with Gasteiger partial charge in [-0.1, -0.05) is 61.7 Å². The van der Waals surface area contributed by atoms with Gasteiger partial charge in [0, 0.05) is 22.5 Å². The van der Waals surface area contributed by atoms with Crippen LogP contribution in [0.3, 0.4) is 0 Å². The number of rotatable bonds is 9. The summed E-state index contributed by atoms with van der Waals surface area (Å²) in [6, 6.07) is 17.1. The Kier molecular flexibility index (Phi) is 8.64. The van der Waals surface area contributed by atoms with Gasteiger partial charge in [0.15, 0.2) is 0 Å². The van der Waals surface area contributed by atoms with Crippen LogP contribution in [0.1, 0.15) is 44.6 Å². The molecule has 6 heteroatoms. The van der Waals surface area contributed by atoms with Gasteiger partial charge >= 0.3 is 0 Å². The second-order valence-corrected chi connectivity index (χ2v) is 9.15. The summed E-state index contributed by atoms with van der Waals surface area (Å²) in [4.78, 5) is 29.1. The van der Waals surface area contributed by atoms with Crippen molar-refractivity contribution in [2.24, 2.45) is 0 Å². The number of amides is 2. The lowest BCUT2D eigenvalue weighted by atomic mass is 10.1.